The van der Waals surface area contributed by atoms with Gasteiger partial charge in [0.25, 0.3) is 0 Å². The number of nitrogen functional groups attached to an aromatic ring is 1. The predicted octanol–water partition coefficient (Wildman–Crippen LogP) is 2.01. The van der Waals surface area contributed by atoms with Crippen LogP contribution in [0.15, 0.2) is 18.2 Å². The third-order valence-corrected chi connectivity index (χ3v) is 2.55. The van der Waals surface area contributed by atoms with Gasteiger partial charge in [0.2, 0.25) is 0 Å². The van der Waals surface area contributed by atoms with Crippen LogP contribution in [-0.2, 0) is 0 Å². The van der Waals surface area contributed by atoms with Gasteiger partial charge in [-0.25, -0.2) is 0 Å². The molecule has 0 saturated carbocycles. The van der Waals surface area contributed by atoms with Crippen LogP contribution in [0, 0.1) is 12.8 Å². The first-order valence-electron chi connectivity index (χ1n) is 5.28. The van der Waals surface area contributed by atoms with Gasteiger partial charge in [0.1, 0.15) is 0 Å². The molecule has 84 valence electrons. The zero-order valence-corrected chi connectivity index (χ0v) is 9.62. The van der Waals surface area contributed by atoms with E-state index in [0.29, 0.717) is 5.92 Å². The SMILES string of the molecule is Cc1ccc(NC(CO)C(C)C)c(N)c1. The third-order valence-electron chi connectivity index (χ3n) is 2.55. The van der Waals surface area contributed by atoms with Crippen molar-refractivity contribution in [2.24, 2.45) is 5.92 Å². The molecule has 0 saturated heterocycles. The Hall–Kier alpha value is -1.22. The number of benzene rings is 1. The number of aliphatic hydroxyl groups is 1. The van der Waals surface area contributed by atoms with Crippen LogP contribution in [0.4, 0.5) is 11.4 Å². The monoisotopic (exact) mass is 208 g/mol. The molecule has 1 aromatic rings. The largest absolute Gasteiger partial charge is 0.397 e. The maximum absolute atomic E-state index is 9.20. The standard InChI is InChI=1S/C12H20N2O/c1-8(2)12(7-15)14-11-5-4-9(3)6-10(11)13/h4-6,8,12,14-15H,7,13H2,1-3H3. The average Bonchev–Trinajstić information content (AvgIpc) is 2.16. The lowest BCUT2D eigenvalue weighted by molar-refractivity contribution is 0.249. The van der Waals surface area contributed by atoms with Gasteiger partial charge in [-0.3, -0.25) is 0 Å². The smallest absolute Gasteiger partial charge is 0.0635 e. The Labute approximate surface area is 91.3 Å². The minimum Gasteiger partial charge on any atom is -0.397 e. The lowest BCUT2D eigenvalue weighted by Crippen LogP contribution is -2.29. The molecule has 1 aromatic carbocycles. The van der Waals surface area contributed by atoms with Gasteiger partial charge in [0.05, 0.1) is 24.0 Å². The molecule has 4 N–H and O–H groups in total. The summed E-state index contributed by atoms with van der Waals surface area (Å²) in [5, 5.41) is 12.4. The van der Waals surface area contributed by atoms with Crippen molar-refractivity contribution < 1.29 is 5.11 Å². The average molecular weight is 208 g/mol. The second-order valence-corrected chi connectivity index (χ2v) is 4.27. The maximum Gasteiger partial charge on any atom is 0.0635 e. The topological polar surface area (TPSA) is 58.3 Å². The first-order chi connectivity index (χ1) is 7.04. The molecule has 1 atom stereocenters. The predicted molar refractivity (Wildman–Crippen MR) is 64.9 cm³/mol. The summed E-state index contributed by atoms with van der Waals surface area (Å²) < 4.78 is 0. The summed E-state index contributed by atoms with van der Waals surface area (Å²) in [4.78, 5) is 0. The summed E-state index contributed by atoms with van der Waals surface area (Å²) >= 11 is 0. The molecule has 0 heterocycles. The Morgan fingerprint density at radius 3 is 2.53 bits per heavy atom. The maximum atomic E-state index is 9.20. The van der Waals surface area contributed by atoms with E-state index in [0.717, 1.165) is 16.9 Å². The summed E-state index contributed by atoms with van der Waals surface area (Å²) in [6.45, 7) is 6.26. The molecule has 0 aliphatic rings. The summed E-state index contributed by atoms with van der Waals surface area (Å²) in [6, 6.07) is 5.94. The van der Waals surface area contributed by atoms with Crippen LogP contribution in [0.2, 0.25) is 0 Å². The Morgan fingerprint density at radius 2 is 2.07 bits per heavy atom. The summed E-state index contributed by atoms with van der Waals surface area (Å²) in [5.74, 6) is 0.371. The van der Waals surface area contributed by atoms with Gasteiger partial charge in [-0.2, -0.15) is 0 Å². The number of hydrogen-bond acceptors (Lipinski definition) is 3. The molecule has 1 unspecified atom stereocenters. The Kier molecular flexibility index (Phi) is 3.97. The highest BCUT2D eigenvalue weighted by atomic mass is 16.3. The van der Waals surface area contributed by atoms with E-state index in [1.54, 1.807) is 0 Å². The number of aliphatic hydroxyl groups excluding tert-OH is 1. The van der Waals surface area contributed by atoms with Gasteiger partial charge < -0.3 is 16.2 Å². The molecule has 3 heteroatoms. The lowest BCUT2D eigenvalue weighted by Gasteiger charge is -2.22. The summed E-state index contributed by atoms with van der Waals surface area (Å²) in [7, 11) is 0. The molecule has 0 spiro atoms. The Morgan fingerprint density at radius 1 is 1.40 bits per heavy atom. The zero-order chi connectivity index (χ0) is 11.4. The van der Waals surface area contributed by atoms with E-state index in [4.69, 9.17) is 5.73 Å². The van der Waals surface area contributed by atoms with Gasteiger partial charge in [0, 0.05) is 0 Å². The normalized spacial score (nSPS) is 12.9. The molecular formula is C12H20N2O. The van der Waals surface area contributed by atoms with Crippen molar-refractivity contribution >= 4 is 11.4 Å². The number of hydrogen-bond donors (Lipinski definition) is 3. The summed E-state index contributed by atoms with van der Waals surface area (Å²) in [6.07, 6.45) is 0. The fourth-order valence-corrected chi connectivity index (χ4v) is 1.44. The number of rotatable bonds is 4. The Bertz CT molecular complexity index is 323. The van der Waals surface area contributed by atoms with E-state index in [2.05, 4.69) is 19.2 Å². The third kappa shape index (κ3) is 3.13. The number of nitrogens with two attached hydrogens (primary N) is 1. The van der Waals surface area contributed by atoms with Crippen molar-refractivity contribution in [2.45, 2.75) is 26.8 Å². The van der Waals surface area contributed by atoms with E-state index in [-0.39, 0.29) is 12.6 Å². The van der Waals surface area contributed by atoms with Gasteiger partial charge >= 0.3 is 0 Å². The molecular weight excluding hydrogens is 188 g/mol. The van der Waals surface area contributed by atoms with Gasteiger partial charge in [0.15, 0.2) is 0 Å². The molecule has 0 radical (unpaired) electrons. The molecule has 0 amide bonds. The van der Waals surface area contributed by atoms with E-state index in [1.807, 2.05) is 25.1 Å². The van der Waals surface area contributed by atoms with Gasteiger partial charge in [-0.1, -0.05) is 19.9 Å². The molecule has 0 bridgehead atoms. The molecule has 15 heavy (non-hydrogen) atoms. The van der Waals surface area contributed by atoms with Crippen LogP contribution in [0.3, 0.4) is 0 Å². The van der Waals surface area contributed by atoms with Crippen LogP contribution < -0.4 is 11.1 Å². The number of anilines is 2. The van der Waals surface area contributed by atoms with Crippen LogP contribution >= 0.6 is 0 Å². The van der Waals surface area contributed by atoms with Crippen LogP contribution in [0.1, 0.15) is 19.4 Å². The second kappa shape index (κ2) is 5.03. The fourth-order valence-electron chi connectivity index (χ4n) is 1.44. The molecule has 0 fully saturated rings. The first kappa shape index (κ1) is 11.9. The lowest BCUT2D eigenvalue weighted by atomic mass is 10.0. The highest BCUT2D eigenvalue weighted by Crippen LogP contribution is 2.21. The highest BCUT2D eigenvalue weighted by Gasteiger charge is 2.12. The minimum absolute atomic E-state index is 0.0509. The second-order valence-electron chi connectivity index (χ2n) is 4.27. The molecule has 0 aromatic heterocycles. The fraction of sp³-hybridized carbons (Fsp3) is 0.500. The van der Waals surface area contributed by atoms with Crippen molar-refractivity contribution in [3.8, 4) is 0 Å². The van der Waals surface area contributed by atoms with Crippen molar-refractivity contribution in [1.29, 1.82) is 0 Å². The Balaban J connectivity index is 2.79. The van der Waals surface area contributed by atoms with Crippen LogP contribution in [0.5, 0.6) is 0 Å². The van der Waals surface area contributed by atoms with E-state index in [9.17, 15) is 5.11 Å². The van der Waals surface area contributed by atoms with E-state index in [1.165, 1.54) is 0 Å². The van der Waals surface area contributed by atoms with Crippen molar-refractivity contribution in [1.82, 2.24) is 0 Å². The minimum atomic E-state index is 0.0509. The molecule has 0 aliphatic heterocycles. The molecule has 1 rings (SSSR count). The quantitative estimate of drug-likeness (QED) is 0.663. The van der Waals surface area contributed by atoms with E-state index < -0.39 is 0 Å². The molecule has 0 aliphatic carbocycles. The highest BCUT2D eigenvalue weighted by molar-refractivity contribution is 5.67. The van der Waals surface area contributed by atoms with Crippen LogP contribution in [0.25, 0.3) is 0 Å². The zero-order valence-electron chi connectivity index (χ0n) is 9.62. The van der Waals surface area contributed by atoms with E-state index >= 15 is 0 Å². The molecule has 3 nitrogen and oxygen atoms in total. The van der Waals surface area contributed by atoms with Crippen molar-refractivity contribution in [3.63, 3.8) is 0 Å². The van der Waals surface area contributed by atoms with Crippen LogP contribution in [-0.4, -0.2) is 17.8 Å². The van der Waals surface area contributed by atoms with Crippen molar-refractivity contribution in [3.05, 3.63) is 23.8 Å². The number of aryl methyl sites for hydroxylation is 1. The van der Waals surface area contributed by atoms with Gasteiger partial charge in [-0.05, 0) is 30.5 Å². The van der Waals surface area contributed by atoms with Gasteiger partial charge in [-0.15, -0.1) is 0 Å². The van der Waals surface area contributed by atoms with Crippen molar-refractivity contribution in [2.75, 3.05) is 17.7 Å². The first-order valence-corrected chi connectivity index (χ1v) is 5.28. The summed E-state index contributed by atoms with van der Waals surface area (Å²) in [5.41, 5.74) is 8.65. The number of nitrogens with one attached hydrogen (secondary N) is 1.